The van der Waals surface area contributed by atoms with Gasteiger partial charge < -0.3 is 24.3 Å². The third-order valence-electron chi connectivity index (χ3n) is 1.72. The fraction of sp³-hybridized carbons (Fsp3) is 0.786. The van der Waals surface area contributed by atoms with Gasteiger partial charge in [-0.15, -0.1) is 0 Å². The van der Waals surface area contributed by atoms with E-state index in [1.807, 2.05) is 0 Å². The minimum Gasteiger partial charge on any atom is -0.444 e. The summed E-state index contributed by atoms with van der Waals surface area (Å²) in [5.74, 6) is -0.869. The van der Waals surface area contributed by atoms with Crippen molar-refractivity contribution < 1.29 is 33.3 Å². The van der Waals surface area contributed by atoms with Crippen LogP contribution in [-0.2, 0) is 23.7 Å². The van der Waals surface area contributed by atoms with E-state index in [0.29, 0.717) is 0 Å². The second kappa shape index (κ2) is 8.57. The number of carbonyl (C=O) groups is 3. The van der Waals surface area contributed by atoms with Crippen LogP contribution in [0.25, 0.3) is 0 Å². The van der Waals surface area contributed by atoms with E-state index in [9.17, 15) is 14.4 Å². The van der Waals surface area contributed by atoms with E-state index in [2.05, 4.69) is 10.1 Å². The Morgan fingerprint density at radius 2 is 1.45 bits per heavy atom. The molecule has 0 rings (SSSR count). The normalized spacial score (nSPS) is 11.5. The molecule has 0 aliphatic heterocycles. The van der Waals surface area contributed by atoms with Crippen molar-refractivity contribution in [2.24, 2.45) is 0 Å². The van der Waals surface area contributed by atoms with Crippen molar-refractivity contribution >= 4 is 18.2 Å². The summed E-state index contributed by atoms with van der Waals surface area (Å²) in [6.07, 6.45) is -1.65. The highest BCUT2D eigenvalue weighted by Crippen LogP contribution is 2.08. The molecule has 0 aliphatic rings. The van der Waals surface area contributed by atoms with Crippen LogP contribution in [0.15, 0.2) is 0 Å². The molecule has 22 heavy (non-hydrogen) atoms. The molecule has 0 spiro atoms. The Hall–Kier alpha value is -1.83. The molecule has 0 unspecified atom stereocenters. The van der Waals surface area contributed by atoms with Gasteiger partial charge in [-0.25, -0.2) is 14.4 Å². The van der Waals surface area contributed by atoms with Gasteiger partial charge in [0, 0.05) is 6.54 Å². The summed E-state index contributed by atoms with van der Waals surface area (Å²) in [4.78, 5) is 33.7. The Kier molecular flexibility index (Phi) is 7.86. The number of esters is 1. The Morgan fingerprint density at radius 1 is 0.909 bits per heavy atom. The molecule has 0 heterocycles. The fourth-order valence-electron chi connectivity index (χ4n) is 1.09. The molecular formula is C14H25NO7. The molecule has 0 bridgehead atoms. The van der Waals surface area contributed by atoms with Gasteiger partial charge in [0.05, 0.1) is 6.61 Å². The zero-order chi connectivity index (χ0) is 17.4. The predicted octanol–water partition coefficient (Wildman–Crippen LogP) is 2.01. The molecule has 0 radical (unpaired) electrons. The monoisotopic (exact) mass is 319 g/mol. The van der Waals surface area contributed by atoms with Crippen LogP contribution in [0.3, 0.4) is 0 Å². The Bertz CT molecular complexity index is 393. The van der Waals surface area contributed by atoms with Gasteiger partial charge in [-0.2, -0.15) is 0 Å². The zero-order valence-electron chi connectivity index (χ0n) is 14.0. The standard InChI is InChI=1S/C14H25NO7/c1-13(2,3)21-11(17)15-7-8-19-9-10(16)20-12(18)22-14(4,5)6/h7-9H2,1-6H3,(H,15,17). The number of rotatable bonds is 5. The van der Waals surface area contributed by atoms with Crippen molar-refractivity contribution in [2.75, 3.05) is 19.8 Å². The first-order valence-electron chi connectivity index (χ1n) is 6.87. The van der Waals surface area contributed by atoms with Crippen molar-refractivity contribution in [1.82, 2.24) is 5.32 Å². The van der Waals surface area contributed by atoms with E-state index in [4.69, 9.17) is 14.2 Å². The summed E-state index contributed by atoms with van der Waals surface area (Å²) in [6.45, 7) is 10.0. The molecule has 0 atom stereocenters. The van der Waals surface area contributed by atoms with Crippen LogP contribution in [0, 0.1) is 0 Å². The van der Waals surface area contributed by atoms with Crippen LogP contribution in [0.5, 0.6) is 0 Å². The summed E-state index contributed by atoms with van der Waals surface area (Å²) in [7, 11) is 0. The molecule has 0 fully saturated rings. The molecule has 0 saturated carbocycles. The maximum absolute atomic E-state index is 11.3. The SMILES string of the molecule is CC(C)(C)OC(=O)NCCOCC(=O)OC(=O)OC(C)(C)C. The Balaban J connectivity index is 3.73. The lowest BCUT2D eigenvalue weighted by Gasteiger charge is -2.19. The van der Waals surface area contributed by atoms with Crippen LogP contribution in [-0.4, -0.2) is 49.2 Å². The van der Waals surface area contributed by atoms with E-state index >= 15 is 0 Å². The number of amides is 1. The van der Waals surface area contributed by atoms with Crippen LogP contribution in [0.1, 0.15) is 41.5 Å². The Labute approximate surface area is 130 Å². The third kappa shape index (κ3) is 13.2. The second-order valence-electron chi connectivity index (χ2n) is 6.42. The fourth-order valence-corrected chi connectivity index (χ4v) is 1.09. The highest BCUT2D eigenvalue weighted by Gasteiger charge is 2.20. The molecule has 0 aromatic rings. The van der Waals surface area contributed by atoms with Crippen molar-refractivity contribution in [3.63, 3.8) is 0 Å². The molecule has 128 valence electrons. The number of ether oxygens (including phenoxy) is 4. The van der Waals surface area contributed by atoms with Gasteiger partial charge in [0.2, 0.25) is 0 Å². The summed E-state index contributed by atoms with van der Waals surface area (Å²) in [5, 5.41) is 2.45. The molecule has 0 aromatic carbocycles. The molecule has 0 aromatic heterocycles. The lowest BCUT2D eigenvalue weighted by molar-refractivity contribution is -0.146. The smallest absolute Gasteiger partial charge is 0.444 e. The highest BCUT2D eigenvalue weighted by atomic mass is 16.8. The number of hydrogen-bond acceptors (Lipinski definition) is 7. The van der Waals surface area contributed by atoms with Crippen LogP contribution < -0.4 is 5.32 Å². The minimum absolute atomic E-state index is 0.0721. The van der Waals surface area contributed by atoms with Crippen LogP contribution in [0.2, 0.25) is 0 Å². The van der Waals surface area contributed by atoms with Crippen molar-refractivity contribution in [2.45, 2.75) is 52.7 Å². The number of carbonyl (C=O) groups excluding carboxylic acids is 3. The molecule has 1 amide bonds. The Morgan fingerprint density at radius 3 is 1.95 bits per heavy atom. The lowest BCUT2D eigenvalue weighted by Crippen LogP contribution is -2.34. The number of nitrogens with one attached hydrogen (secondary N) is 1. The topological polar surface area (TPSA) is 100 Å². The van der Waals surface area contributed by atoms with Gasteiger partial charge in [0.1, 0.15) is 17.8 Å². The van der Waals surface area contributed by atoms with E-state index < -0.39 is 36.0 Å². The van der Waals surface area contributed by atoms with Gasteiger partial charge in [0.15, 0.2) is 0 Å². The number of alkyl carbamates (subject to hydrolysis) is 1. The minimum atomic E-state index is -1.08. The zero-order valence-corrected chi connectivity index (χ0v) is 14.0. The summed E-state index contributed by atoms with van der Waals surface area (Å²) in [5.41, 5.74) is -1.32. The molecule has 8 nitrogen and oxygen atoms in total. The van der Waals surface area contributed by atoms with Gasteiger partial charge in [-0.05, 0) is 41.5 Å². The van der Waals surface area contributed by atoms with Crippen molar-refractivity contribution in [1.29, 1.82) is 0 Å². The van der Waals surface area contributed by atoms with E-state index in [1.165, 1.54) is 0 Å². The van der Waals surface area contributed by atoms with Gasteiger partial charge in [-0.1, -0.05) is 0 Å². The highest BCUT2D eigenvalue weighted by molar-refractivity contribution is 5.82. The second-order valence-corrected chi connectivity index (χ2v) is 6.42. The van der Waals surface area contributed by atoms with E-state index in [1.54, 1.807) is 41.5 Å². The molecule has 0 aliphatic carbocycles. The summed E-state index contributed by atoms with van der Waals surface area (Å²) in [6, 6.07) is 0. The average molecular weight is 319 g/mol. The summed E-state index contributed by atoms with van der Waals surface area (Å²) >= 11 is 0. The molecular weight excluding hydrogens is 294 g/mol. The first-order chi connectivity index (χ1) is 9.89. The quantitative estimate of drug-likeness (QED) is 0.470. The van der Waals surface area contributed by atoms with Gasteiger partial charge in [-0.3, -0.25) is 0 Å². The van der Waals surface area contributed by atoms with Gasteiger partial charge in [0.25, 0.3) is 0 Å². The van der Waals surface area contributed by atoms with Crippen LogP contribution in [0.4, 0.5) is 9.59 Å². The van der Waals surface area contributed by atoms with Gasteiger partial charge >= 0.3 is 18.2 Å². The van der Waals surface area contributed by atoms with E-state index in [-0.39, 0.29) is 13.2 Å². The van der Waals surface area contributed by atoms with Crippen molar-refractivity contribution in [3.05, 3.63) is 0 Å². The average Bonchev–Trinajstić information content (AvgIpc) is 2.22. The maximum Gasteiger partial charge on any atom is 0.516 e. The predicted molar refractivity (Wildman–Crippen MR) is 77.4 cm³/mol. The summed E-state index contributed by atoms with van der Waals surface area (Å²) < 4.78 is 19.1. The molecule has 0 saturated heterocycles. The lowest BCUT2D eigenvalue weighted by atomic mass is 10.2. The maximum atomic E-state index is 11.3. The first kappa shape index (κ1) is 20.2. The molecule has 1 N–H and O–H groups in total. The van der Waals surface area contributed by atoms with Crippen LogP contribution >= 0.6 is 0 Å². The largest absolute Gasteiger partial charge is 0.516 e. The number of hydrogen-bond donors (Lipinski definition) is 1. The van der Waals surface area contributed by atoms with Crippen molar-refractivity contribution in [3.8, 4) is 0 Å². The molecule has 8 heteroatoms. The third-order valence-corrected chi connectivity index (χ3v) is 1.72. The first-order valence-corrected chi connectivity index (χ1v) is 6.87. The van der Waals surface area contributed by atoms with E-state index in [0.717, 1.165) is 0 Å².